The van der Waals surface area contributed by atoms with Gasteiger partial charge in [0.25, 0.3) is 0 Å². The molecule has 0 amide bonds. The summed E-state index contributed by atoms with van der Waals surface area (Å²) < 4.78 is 13.7. The van der Waals surface area contributed by atoms with Crippen molar-refractivity contribution in [3.8, 4) is 0 Å². The van der Waals surface area contributed by atoms with Gasteiger partial charge in [0.15, 0.2) is 0 Å². The highest BCUT2D eigenvalue weighted by Gasteiger charge is 2.18. The molecule has 4 heteroatoms. The molecule has 1 aromatic heterocycles. The Labute approximate surface area is 125 Å². The van der Waals surface area contributed by atoms with Gasteiger partial charge < -0.3 is 0 Å². The van der Waals surface area contributed by atoms with Crippen LogP contribution < -0.4 is 0 Å². The fraction of sp³-hybridized carbons (Fsp3) is 0.353. The van der Waals surface area contributed by atoms with E-state index >= 15 is 0 Å². The summed E-state index contributed by atoms with van der Waals surface area (Å²) in [6.07, 6.45) is 1.84. The Balaban J connectivity index is 1.50. The van der Waals surface area contributed by atoms with Gasteiger partial charge in [-0.15, -0.1) is 0 Å². The van der Waals surface area contributed by atoms with Crippen LogP contribution in [-0.2, 0) is 13.1 Å². The van der Waals surface area contributed by atoms with E-state index in [0.29, 0.717) is 6.54 Å². The number of benzene rings is 1. The number of rotatable bonds is 4. The van der Waals surface area contributed by atoms with Crippen LogP contribution in [0.4, 0.5) is 4.39 Å². The van der Waals surface area contributed by atoms with E-state index in [4.69, 9.17) is 0 Å². The zero-order chi connectivity index (χ0) is 14.5. The second-order valence-electron chi connectivity index (χ2n) is 5.46. The van der Waals surface area contributed by atoms with Crippen molar-refractivity contribution >= 4 is 0 Å². The van der Waals surface area contributed by atoms with Gasteiger partial charge in [0.1, 0.15) is 5.82 Å². The first-order chi connectivity index (χ1) is 10.3. The largest absolute Gasteiger partial charge is 0.296 e. The highest BCUT2D eigenvalue weighted by Crippen LogP contribution is 2.13. The zero-order valence-electron chi connectivity index (χ0n) is 12.1. The topological polar surface area (TPSA) is 19.4 Å². The van der Waals surface area contributed by atoms with Gasteiger partial charge in [0.2, 0.25) is 0 Å². The van der Waals surface area contributed by atoms with Crippen LogP contribution >= 0.6 is 0 Å². The van der Waals surface area contributed by atoms with Gasteiger partial charge >= 0.3 is 0 Å². The average Bonchev–Trinajstić information content (AvgIpc) is 2.52. The van der Waals surface area contributed by atoms with E-state index in [0.717, 1.165) is 44.0 Å². The number of piperazine rings is 1. The van der Waals surface area contributed by atoms with Crippen LogP contribution in [0.2, 0.25) is 0 Å². The third kappa shape index (κ3) is 3.86. The van der Waals surface area contributed by atoms with E-state index in [-0.39, 0.29) is 5.82 Å². The highest BCUT2D eigenvalue weighted by atomic mass is 19.1. The lowest BCUT2D eigenvalue weighted by molar-refractivity contribution is 0.120. The standard InChI is InChI=1S/C17H20FN3/c18-17-7-2-1-5-15(17)13-20-9-11-21(12-10-20)14-16-6-3-4-8-19-16/h1-8H,9-14H2. The Morgan fingerprint density at radius 2 is 1.52 bits per heavy atom. The highest BCUT2D eigenvalue weighted by molar-refractivity contribution is 5.17. The molecule has 0 bridgehead atoms. The number of pyridine rings is 1. The second-order valence-corrected chi connectivity index (χ2v) is 5.46. The van der Waals surface area contributed by atoms with Crippen molar-refractivity contribution in [1.29, 1.82) is 0 Å². The summed E-state index contributed by atoms with van der Waals surface area (Å²) in [4.78, 5) is 9.08. The molecule has 1 fully saturated rings. The molecule has 2 heterocycles. The number of hydrogen-bond acceptors (Lipinski definition) is 3. The summed E-state index contributed by atoms with van der Waals surface area (Å²) in [7, 11) is 0. The lowest BCUT2D eigenvalue weighted by Gasteiger charge is -2.34. The minimum atomic E-state index is -0.103. The predicted octanol–water partition coefficient (Wildman–Crippen LogP) is 2.54. The van der Waals surface area contributed by atoms with Gasteiger partial charge in [-0.05, 0) is 18.2 Å². The van der Waals surface area contributed by atoms with E-state index in [9.17, 15) is 4.39 Å². The Bertz CT molecular complexity index is 565. The van der Waals surface area contributed by atoms with Crippen molar-refractivity contribution in [3.63, 3.8) is 0 Å². The summed E-state index contributed by atoms with van der Waals surface area (Å²) in [5.41, 5.74) is 1.90. The molecule has 3 nitrogen and oxygen atoms in total. The molecule has 2 aromatic rings. The fourth-order valence-electron chi connectivity index (χ4n) is 2.69. The Morgan fingerprint density at radius 3 is 2.19 bits per heavy atom. The van der Waals surface area contributed by atoms with Crippen molar-refractivity contribution < 1.29 is 4.39 Å². The smallest absolute Gasteiger partial charge is 0.127 e. The van der Waals surface area contributed by atoms with Gasteiger partial charge in [0, 0.05) is 51.0 Å². The van der Waals surface area contributed by atoms with Gasteiger partial charge in [0.05, 0.1) is 5.69 Å². The molecule has 0 saturated carbocycles. The van der Waals surface area contributed by atoms with Crippen LogP contribution in [0.1, 0.15) is 11.3 Å². The SMILES string of the molecule is Fc1ccccc1CN1CCN(Cc2ccccn2)CC1. The van der Waals surface area contributed by atoms with Crippen LogP contribution in [0.15, 0.2) is 48.7 Å². The maximum absolute atomic E-state index is 13.7. The molecule has 1 saturated heterocycles. The fourth-order valence-corrected chi connectivity index (χ4v) is 2.69. The monoisotopic (exact) mass is 285 g/mol. The molecule has 1 aromatic carbocycles. The van der Waals surface area contributed by atoms with E-state index in [1.165, 1.54) is 6.07 Å². The first-order valence-electron chi connectivity index (χ1n) is 7.39. The van der Waals surface area contributed by atoms with Crippen molar-refractivity contribution in [3.05, 3.63) is 65.7 Å². The summed E-state index contributed by atoms with van der Waals surface area (Å²) >= 11 is 0. The lowest BCUT2D eigenvalue weighted by Crippen LogP contribution is -2.45. The average molecular weight is 285 g/mol. The Kier molecular flexibility index (Phi) is 4.58. The molecular formula is C17H20FN3. The minimum Gasteiger partial charge on any atom is -0.296 e. The van der Waals surface area contributed by atoms with Crippen molar-refractivity contribution in [1.82, 2.24) is 14.8 Å². The zero-order valence-corrected chi connectivity index (χ0v) is 12.1. The summed E-state index contributed by atoms with van der Waals surface area (Å²) in [5, 5.41) is 0. The molecule has 1 aliphatic rings. The van der Waals surface area contributed by atoms with E-state index in [1.54, 1.807) is 6.07 Å². The van der Waals surface area contributed by atoms with Crippen molar-refractivity contribution in [2.45, 2.75) is 13.1 Å². The van der Waals surface area contributed by atoms with Gasteiger partial charge in [-0.2, -0.15) is 0 Å². The van der Waals surface area contributed by atoms with Crippen molar-refractivity contribution in [2.75, 3.05) is 26.2 Å². The first kappa shape index (κ1) is 14.2. The molecule has 3 rings (SSSR count). The normalized spacial score (nSPS) is 17.0. The van der Waals surface area contributed by atoms with Crippen LogP contribution in [0.3, 0.4) is 0 Å². The second kappa shape index (κ2) is 6.78. The van der Waals surface area contributed by atoms with Crippen LogP contribution in [0.5, 0.6) is 0 Å². The van der Waals surface area contributed by atoms with E-state index in [2.05, 4.69) is 20.9 Å². The minimum absolute atomic E-state index is 0.103. The van der Waals surface area contributed by atoms with Gasteiger partial charge in [-0.3, -0.25) is 14.8 Å². The summed E-state index contributed by atoms with van der Waals surface area (Å²) in [6.45, 7) is 5.55. The number of aromatic nitrogens is 1. The molecule has 0 spiro atoms. The maximum Gasteiger partial charge on any atom is 0.127 e. The Morgan fingerprint density at radius 1 is 0.857 bits per heavy atom. The molecule has 1 aliphatic heterocycles. The Hall–Kier alpha value is -1.78. The summed E-state index contributed by atoms with van der Waals surface area (Å²) in [5.74, 6) is -0.103. The number of hydrogen-bond donors (Lipinski definition) is 0. The number of nitrogens with zero attached hydrogens (tertiary/aromatic N) is 3. The molecule has 0 unspecified atom stereocenters. The molecule has 0 aliphatic carbocycles. The summed E-state index contributed by atoms with van der Waals surface area (Å²) in [6, 6.07) is 13.1. The lowest BCUT2D eigenvalue weighted by atomic mass is 10.2. The molecular weight excluding hydrogens is 265 g/mol. The number of halogens is 1. The van der Waals surface area contributed by atoms with Crippen LogP contribution in [0, 0.1) is 5.82 Å². The maximum atomic E-state index is 13.7. The molecule has 0 radical (unpaired) electrons. The van der Waals surface area contributed by atoms with Gasteiger partial charge in [-0.25, -0.2) is 4.39 Å². The van der Waals surface area contributed by atoms with Gasteiger partial charge in [-0.1, -0.05) is 24.3 Å². The predicted molar refractivity (Wildman–Crippen MR) is 81.2 cm³/mol. The molecule has 0 atom stereocenters. The van der Waals surface area contributed by atoms with Crippen molar-refractivity contribution in [2.24, 2.45) is 0 Å². The van der Waals surface area contributed by atoms with Crippen LogP contribution in [-0.4, -0.2) is 41.0 Å². The third-order valence-electron chi connectivity index (χ3n) is 3.93. The molecule has 21 heavy (non-hydrogen) atoms. The molecule has 110 valence electrons. The van der Waals surface area contributed by atoms with E-state index < -0.39 is 0 Å². The van der Waals surface area contributed by atoms with Crippen LogP contribution in [0.25, 0.3) is 0 Å². The third-order valence-corrected chi connectivity index (χ3v) is 3.93. The van der Waals surface area contributed by atoms with E-state index in [1.807, 2.05) is 30.5 Å². The first-order valence-corrected chi connectivity index (χ1v) is 7.39. The molecule has 0 N–H and O–H groups in total. The quantitative estimate of drug-likeness (QED) is 0.860.